The molecule has 7 nitrogen and oxygen atoms in total. The number of halogens is 1. The minimum atomic E-state index is -0.567. The van der Waals surface area contributed by atoms with Crippen molar-refractivity contribution in [1.29, 1.82) is 0 Å². The summed E-state index contributed by atoms with van der Waals surface area (Å²) < 4.78 is 10.6. The number of carbonyl (C=O) groups is 2. The molecule has 2 amide bonds. The first-order chi connectivity index (χ1) is 12.1. The number of ether oxygens (including phenoxy) is 2. The van der Waals surface area contributed by atoms with Gasteiger partial charge in [0.1, 0.15) is 0 Å². The van der Waals surface area contributed by atoms with E-state index in [4.69, 9.17) is 15.2 Å². The van der Waals surface area contributed by atoms with Crippen molar-refractivity contribution in [2.45, 2.75) is 32.2 Å². The molecular formula is C18H28ClN3O4. The predicted octanol–water partition coefficient (Wildman–Crippen LogP) is 1.59. The van der Waals surface area contributed by atoms with Crippen molar-refractivity contribution in [1.82, 2.24) is 10.2 Å². The SMILES string of the molecule is CCCN(C(=O)c1ccc(OCC(N)=O)c(OC)c1)C1CCNCC1.Cl. The average Bonchev–Trinajstić information content (AvgIpc) is 2.64. The number of benzene rings is 1. The molecule has 0 unspecified atom stereocenters. The monoisotopic (exact) mass is 385 g/mol. The zero-order valence-electron chi connectivity index (χ0n) is 15.3. The maximum Gasteiger partial charge on any atom is 0.255 e. The summed E-state index contributed by atoms with van der Waals surface area (Å²) in [7, 11) is 1.50. The zero-order valence-corrected chi connectivity index (χ0v) is 16.1. The molecule has 146 valence electrons. The fourth-order valence-electron chi connectivity index (χ4n) is 3.04. The molecule has 1 saturated heterocycles. The lowest BCUT2D eigenvalue weighted by molar-refractivity contribution is -0.119. The molecule has 1 aromatic rings. The van der Waals surface area contributed by atoms with E-state index in [0.29, 0.717) is 17.1 Å². The Kier molecular flexibility index (Phi) is 9.23. The van der Waals surface area contributed by atoms with Gasteiger partial charge in [0, 0.05) is 18.2 Å². The molecule has 0 spiro atoms. The van der Waals surface area contributed by atoms with Crippen LogP contribution >= 0.6 is 12.4 Å². The van der Waals surface area contributed by atoms with E-state index in [9.17, 15) is 9.59 Å². The van der Waals surface area contributed by atoms with Gasteiger partial charge in [-0.1, -0.05) is 6.92 Å². The van der Waals surface area contributed by atoms with Gasteiger partial charge in [0.2, 0.25) is 0 Å². The van der Waals surface area contributed by atoms with Gasteiger partial charge in [-0.3, -0.25) is 9.59 Å². The van der Waals surface area contributed by atoms with Crippen LogP contribution in [0.4, 0.5) is 0 Å². The smallest absolute Gasteiger partial charge is 0.255 e. The van der Waals surface area contributed by atoms with Crippen LogP contribution in [0.5, 0.6) is 11.5 Å². The van der Waals surface area contributed by atoms with Gasteiger partial charge in [-0.2, -0.15) is 0 Å². The van der Waals surface area contributed by atoms with E-state index in [-0.39, 0.29) is 31.0 Å². The molecule has 1 heterocycles. The minimum Gasteiger partial charge on any atom is -0.493 e. The van der Waals surface area contributed by atoms with Gasteiger partial charge >= 0.3 is 0 Å². The quantitative estimate of drug-likeness (QED) is 0.708. The van der Waals surface area contributed by atoms with Crippen molar-refractivity contribution >= 4 is 24.2 Å². The summed E-state index contributed by atoms with van der Waals surface area (Å²) in [6.07, 6.45) is 2.83. The highest BCUT2D eigenvalue weighted by atomic mass is 35.5. The number of nitrogens with two attached hydrogens (primary N) is 1. The van der Waals surface area contributed by atoms with E-state index in [2.05, 4.69) is 12.2 Å². The van der Waals surface area contributed by atoms with Crippen LogP contribution in [0.25, 0.3) is 0 Å². The topological polar surface area (TPSA) is 93.9 Å². The maximum atomic E-state index is 13.0. The van der Waals surface area contributed by atoms with Crippen LogP contribution in [0.1, 0.15) is 36.5 Å². The van der Waals surface area contributed by atoms with Gasteiger partial charge < -0.3 is 25.4 Å². The van der Waals surface area contributed by atoms with Gasteiger partial charge in [-0.25, -0.2) is 0 Å². The van der Waals surface area contributed by atoms with Crippen molar-refractivity contribution in [2.75, 3.05) is 33.4 Å². The Morgan fingerprint density at radius 1 is 1.27 bits per heavy atom. The highest BCUT2D eigenvalue weighted by molar-refractivity contribution is 5.95. The number of nitrogens with one attached hydrogen (secondary N) is 1. The third kappa shape index (κ3) is 5.78. The largest absolute Gasteiger partial charge is 0.493 e. The summed E-state index contributed by atoms with van der Waals surface area (Å²) in [6, 6.07) is 5.25. The molecule has 3 N–H and O–H groups in total. The Morgan fingerprint density at radius 2 is 1.96 bits per heavy atom. The normalized spacial score (nSPS) is 14.2. The van der Waals surface area contributed by atoms with Crippen molar-refractivity contribution in [2.24, 2.45) is 5.73 Å². The second-order valence-electron chi connectivity index (χ2n) is 6.10. The fraction of sp³-hybridized carbons (Fsp3) is 0.556. The van der Waals surface area contributed by atoms with Crippen LogP contribution in [0.3, 0.4) is 0 Å². The molecule has 1 aliphatic heterocycles. The van der Waals surface area contributed by atoms with Crippen molar-refractivity contribution in [3.05, 3.63) is 23.8 Å². The summed E-state index contributed by atoms with van der Waals surface area (Å²) >= 11 is 0. The molecule has 1 fully saturated rings. The molecule has 0 saturated carbocycles. The van der Waals surface area contributed by atoms with E-state index in [1.807, 2.05) is 4.90 Å². The molecular weight excluding hydrogens is 358 g/mol. The van der Waals surface area contributed by atoms with Gasteiger partial charge in [0.15, 0.2) is 18.1 Å². The number of nitrogens with zero attached hydrogens (tertiary/aromatic N) is 1. The van der Waals surface area contributed by atoms with Gasteiger partial charge in [-0.05, 0) is 50.6 Å². The summed E-state index contributed by atoms with van der Waals surface area (Å²) in [4.78, 5) is 25.8. The number of amides is 2. The van der Waals surface area contributed by atoms with Crippen molar-refractivity contribution < 1.29 is 19.1 Å². The number of primary amides is 1. The first-order valence-electron chi connectivity index (χ1n) is 8.67. The number of rotatable bonds is 8. The predicted molar refractivity (Wildman–Crippen MR) is 102 cm³/mol. The molecule has 26 heavy (non-hydrogen) atoms. The molecule has 2 rings (SSSR count). The summed E-state index contributed by atoms with van der Waals surface area (Å²) in [5, 5.41) is 3.33. The summed E-state index contributed by atoms with van der Waals surface area (Å²) in [6.45, 7) is 4.43. The molecule has 1 aromatic carbocycles. The lowest BCUT2D eigenvalue weighted by atomic mass is 10.0. The minimum absolute atomic E-state index is 0. The van der Waals surface area contributed by atoms with E-state index in [0.717, 1.165) is 38.9 Å². The Bertz CT molecular complexity index is 606. The molecule has 0 aliphatic carbocycles. The van der Waals surface area contributed by atoms with Crippen LogP contribution in [0.15, 0.2) is 18.2 Å². The van der Waals surface area contributed by atoms with Crippen LogP contribution < -0.4 is 20.5 Å². The molecule has 0 aromatic heterocycles. The standard InChI is InChI=1S/C18H27N3O4.ClH/c1-3-10-21(14-6-8-20-9-7-14)18(23)13-4-5-15(16(11-13)24-2)25-12-17(19)22;/h4-5,11,14,20H,3,6-10,12H2,1-2H3,(H2,19,22);1H. The Morgan fingerprint density at radius 3 is 2.54 bits per heavy atom. The number of methoxy groups -OCH3 is 1. The third-order valence-corrected chi connectivity index (χ3v) is 4.26. The van der Waals surface area contributed by atoms with Crippen molar-refractivity contribution in [3.63, 3.8) is 0 Å². The van der Waals surface area contributed by atoms with E-state index in [1.54, 1.807) is 18.2 Å². The molecule has 0 radical (unpaired) electrons. The number of carbonyl (C=O) groups excluding carboxylic acids is 2. The zero-order chi connectivity index (χ0) is 18.2. The number of piperidine rings is 1. The van der Waals surface area contributed by atoms with Crippen LogP contribution in [0, 0.1) is 0 Å². The van der Waals surface area contributed by atoms with Crippen LogP contribution in [-0.4, -0.2) is 56.1 Å². The third-order valence-electron chi connectivity index (χ3n) is 4.26. The Labute approximate surface area is 160 Å². The van der Waals surface area contributed by atoms with E-state index < -0.39 is 5.91 Å². The first-order valence-corrected chi connectivity index (χ1v) is 8.67. The van der Waals surface area contributed by atoms with Gasteiger partial charge in [0.05, 0.1) is 7.11 Å². The van der Waals surface area contributed by atoms with Gasteiger partial charge in [0.25, 0.3) is 11.8 Å². The van der Waals surface area contributed by atoms with E-state index in [1.165, 1.54) is 7.11 Å². The maximum absolute atomic E-state index is 13.0. The summed E-state index contributed by atoms with van der Waals surface area (Å²) in [5.74, 6) is 0.228. The Balaban J connectivity index is 0.00000338. The Hall–Kier alpha value is -1.99. The van der Waals surface area contributed by atoms with Crippen molar-refractivity contribution in [3.8, 4) is 11.5 Å². The fourth-order valence-corrected chi connectivity index (χ4v) is 3.04. The number of hydrogen-bond donors (Lipinski definition) is 2. The second-order valence-corrected chi connectivity index (χ2v) is 6.10. The van der Waals surface area contributed by atoms with Crippen LogP contribution in [0.2, 0.25) is 0 Å². The highest BCUT2D eigenvalue weighted by Gasteiger charge is 2.26. The average molecular weight is 386 g/mol. The first kappa shape index (κ1) is 22.1. The molecule has 8 heteroatoms. The molecule has 0 bridgehead atoms. The van der Waals surface area contributed by atoms with Gasteiger partial charge in [-0.15, -0.1) is 12.4 Å². The summed E-state index contributed by atoms with van der Waals surface area (Å²) in [5.41, 5.74) is 5.65. The molecule has 0 atom stereocenters. The lowest BCUT2D eigenvalue weighted by Gasteiger charge is -2.34. The van der Waals surface area contributed by atoms with E-state index >= 15 is 0 Å². The molecule has 1 aliphatic rings. The second kappa shape index (κ2) is 10.9. The van der Waals surface area contributed by atoms with Crippen LogP contribution in [-0.2, 0) is 4.79 Å². The lowest BCUT2D eigenvalue weighted by Crippen LogP contribution is -2.46. The number of hydrogen-bond acceptors (Lipinski definition) is 5. The highest BCUT2D eigenvalue weighted by Crippen LogP contribution is 2.29.